The van der Waals surface area contributed by atoms with Gasteiger partial charge in [-0.15, -0.1) is 5.10 Å². The molecule has 1 saturated heterocycles. The molecule has 1 unspecified atom stereocenters. The van der Waals surface area contributed by atoms with Crippen molar-refractivity contribution in [3.05, 3.63) is 65.6 Å². The number of fused-ring (bicyclic) bond motifs is 2. The van der Waals surface area contributed by atoms with Crippen molar-refractivity contribution >= 4 is 40.5 Å². The summed E-state index contributed by atoms with van der Waals surface area (Å²) >= 11 is 0. The maximum atomic E-state index is 12.9. The fraction of sp³-hybridized carbons (Fsp3) is 0.174. The molecule has 35 heavy (non-hydrogen) atoms. The van der Waals surface area contributed by atoms with Gasteiger partial charge in [-0.25, -0.2) is 9.67 Å². The van der Waals surface area contributed by atoms with E-state index in [9.17, 15) is 19.2 Å². The molecule has 1 fully saturated rings. The molecule has 3 aromatic heterocycles. The van der Waals surface area contributed by atoms with Gasteiger partial charge in [0.1, 0.15) is 17.5 Å². The first-order valence-electron chi connectivity index (χ1n) is 10.9. The predicted molar refractivity (Wildman–Crippen MR) is 121 cm³/mol. The Bertz CT molecular complexity index is 1540. The summed E-state index contributed by atoms with van der Waals surface area (Å²) in [4.78, 5) is 58.0. The largest absolute Gasteiger partial charge is 0.346 e. The molecule has 2 aliphatic rings. The Kier molecular flexibility index (Phi) is 4.66. The lowest BCUT2D eigenvalue weighted by atomic mass is 10.0. The Labute approximate surface area is 197 Å². The van der Waals surface area contributed by atoms with E-state index in [0.29, 0.717) is 29.1 Å². The Balaban J connectivity index is 1.19. The smallest absolute Gasteiger partial charge is 0.279 e. The van der Waals surface area contributed by atoms with Crippen LogP contribution in [0.3, 0.4) is 0 Å². The van der Waals surface area contributed by atoms with E-state index in [2.05, 4.69) is 30.9 Å². The van der Waals surface area contributed by atoms with E-state index in [1.807, 2.05) is 12.1 Å². The number of hydrogen-bond acceptors (Lipinski definition) is 7. The van der Waals surface area contributed by atoms with Gasteiger partial charge < -0.3 is 15.2 Å². The lowest BCUT2D eigenvalue weighted by Gasteiger charge is -2.29. The number of aromatic amines is 1. The monoisotopic (exact) mass is 470 g/mol. The van der Waals surface area contributed by atoms with E-state index in [-0.39, 0.29) is 30.5 Å². The average molecular weight is 470 g/mol. The quantitative estimate of drug-likeness (QED) is 0.378. The number of rotatable bonds is 4. The molecule has 0 aliphatic carbocycles. The standard InChI is InChI=1S/C23H18N8O4/c32-19-6-4-17(22(34)27-19)30-10-13-9-14(2-3-15(13)23(30)35)31-11-16(28-29-31)21(33)26-18-5-1-12-7-8-24-20(12)25-18/h1-3,5,7-9,11,17H,4,6,10H2,(H,27,32,34)(H2,24,25,26,33). The van der Waals surface area contributed by atoms with Crippen molar-refractivity contribution in [2.24, 2.45) is 0 Å². The van der Waals surface area contributed by atoms with E-state index >= 15 is 0 Å². The Morgan fingerprint density at radius 2 is 2.00 bits per heavy atom. The van der Waals surface area contributed by atoms with Crippen molar-refractivity contribution in [3.63, 3.8) is 0 Å². The van der Waals surface area contributed by atoms with Crippen molar-refractivity contribution in [2.45, 2.75) is 25.4 Å². The first-order valence-corrected chi connectivity index (χ1v) is 10.9. The molecule has 5 heterocycles. The van der Waals surface area contributed by atoms with Crippen LogP contribution in [0.4, 0.5) is 5.82 Å². The number of nitrogens with one attached hydrogen (secondary N) is 3. The molecule has 174 valence electrons. The van der Waals surface area contributed by atoms with Crippen LogP contribution >= 0.6 is 0 Å². The second-order valence-corrected chi connectivity index (χ2v) is 8.36. The van der Waals surface area contributed by atoms with E-state index < -0.39 is 17.9 Å². The maximum absolute atomic E-state index is 12.9. The zero-order valence-corrected chi connectivity index (χ0v) is 18.2. The highest BCUT2D eigenvalue weighted by Gasteiger charge is 2.39. The summed E-state index contributed by atoms with van der Waals surface area (Å²) in [6, 6.07) is 9.87. The third-order valence-electron chi connectivity index (χ3n) is 6.15. The van der Waals surface area contributed by atoms with Crippen LogP contribution in [0.5, 0.6) is 0 Å². The highest BCUT2D eigenvalue weighted by molar-refractivity contribution is 6.05. The van der Waals surface area contributed by atoms with Crippen LogP contribution in [0.15, 0.2) is 48.8 Å². The molecule has 12 nitrogen and oxygen atoms in total. The van der Waals surface area contributed by atoms with Crippen LogP contribution in [0.2, 0.25) is 0 Å². The molecule has 1 atom stereocenters. The normalized spacial score (nSPS) is 17.5. The molecule has 6 rings (SSSR count). The Morgan fingerprint density at radius 1 is 1.11 bits per heavy atom. The molecule has 0 spiro atoms. The molecule has 4 amide bonds. The Hall–Kier alpha value is -4.87. The van der Waals surface area contributed by atoms with Gasteiger partial charge in [-0.1, -0.05) is 5.21 Å². The lowest BCUT2D eigenvalue weighted by molar-refractivity contribution is -0.136. The van der Waals surface area contributed by atoms with Gasteiger partial charge in [-0.05, 0) is 48.4 Å². The summed E-state index contributed by atoms with van der Waals surface area (Å²) in [5.41, 5.74) is 2.58. The van der Waals surface area contributed by atoms with E-state index in [1.165, 1.54) is 15.8 Å². The van der Waals surface area contributed by atoms with Gasteiger partial charge in [0.25, 0.3) is 11.8 Å². The number of imide groups is 1. The zero-order valence-electron chi connectivity index (χ0n) is 18.2. The van der Waals surface area contributed by atoms with Crippen LogP contribution in [0.1, 0.15) is 39.3 Å². The van der Waals surface area contributed by atoms with Crippen molar-refractivity contribution in [1.29, 1.82) is 0 Å². The summed E-state index contributed by atoms with van der Waals surface area (Å²) < 4.78 is 1.44. The first kappa shape index (κ1) is 20.7. The summed E-state index contributed by atoms with van der Waals surface area (Å²) in [5, 5.41) is 13.9. The maximum Gasteiger partial charge on any atom is 0.279 e. The van der Waals surface area contributed by atoms with Crippen molar-refractivity contribution in [2.75, 3.05) is 5.32 Å². The number of benzene rings is 1. The highest BCUT2D eigenvalue weighted by atomic mass is 16.2. The van der Waals surface area contributed by atoms with Crippen molar-refractivity contribution in [1.82, 2.24) is 35.2 Å². The second kappa shape index (κ2) is 7.87. The van der Waals surface area contributed by atoms with Crippen LogP contribution in [-0.4, -0.2) is 59.5 Å². The summed E-state index contributed by atoms with van der Waals surface area (Å²) in [5.74, 6) is -1.13. The number of carbonyl (C=O) groups excluding carboxylic acids is 4. The predicted octanol–water partition coefficient (Wildman–Crippen LogP) is 1.16. The average Bonchev–Trinajstić information content (AvgIpc) is 3.58. The fourth-order valence-corrected chi connectivity index (χ4v) is 4.38. The molecule has 0 saturated carbocycles. The number of aromatic nitrogens is 5. The number of anilines is 1. The van der Waals surface area contributed by atoms with Gasteiger partial charge in [-0.3, -0.25) is 24.5 Å². The first-order chi connectivity index (χ1) is 17.0. The van der Waals surface area contributed by atoms with Gasteiger partial charge in [0.15, 0.2) is 5.69 Å². The number of amides is 4. The number of pyridine rings is 1. The highest BCUT2D eigenvalue weighted by Crippen LogP contribution is 2.29. The number of carbonyl (C=O) groups is 4. The number of H-pyrrole nitrogens is 1. The Morgan fingerprint density at radius 3 is 2.86 bits per heavy atom. The molecular weight excluding hydrogens is 452 g/mol. The van der Waals surface area contributed by atoms with Gasteiger partial charge in [-0.2, -0.15) is 0 Å². The number of nitrogens with zero attached hydrogens (tertiary/aromatic N) is 5. The summed E-state index contributed by atoms with van der Waals surface area (Å²) in [6.45, 7) is 0.239. The molecule has 4 aromatic rings. The van der Waals surface area contributed by atoms with Gasteiger partial charge in [0.05, 0.1) is 11.9 Å². The van der Waals surface area contributed by atoms with Crippen LogP contribution in [0, 0.1) is 0 Å². The molecule has 0 radical (unpaired) electrons. The van der Waals surface area contributed by atoms with Gasteiger partial charge in [0.2, 0.25) is 11.8 Å². The minimum Gasteiger partial charge on any atom is -0.346 e. The summed E-state index contributed by atoms with van der Waals surface area (Å²) in [7, 11) is 0. The SMILES string of the molecule is O=C1CCC(N2Cc3cc(-n4cc(C(=O)Nc5ccc6cc[nH]c6n5)nn4)ccc3C2=O)C(=O)N1. The molecule has 1 aromatic carbocycles. The van der Waals surface area contributed by atoms with Crippen LogP contribution in [-0.2, 0) is 16.1 Å². The molecule has 12 heteroatoms. The lowest BCUT2D eigenvalue weighted by Crippen LogP contribution is -2.52. The topological polar surface area (TPSA) is 155 Å². The summed E-state index contributed by atoms with van der Waals surface area (Å²) in [6.07, 6.45) is 3.74. The third kappa shape index (κ3) is 3.60. The molecular formula is C23H18N8O4. The van der Waals surface area contributed by atoms with Crippen molar-refractivity contribution < 1.29 is 19.2 Å². The van der Waals surface area contributed by atoms with Crippen molar-refractivity contribution in [3.8, 4) is 5.69 Å². The van der Waals surface area contributed by atoms with Crippen LogP contribution < -0.4 is 10.6 Å². The minimum absolute atomic E-state index is 0.0973. The van der Waals surface area contributed by atoms with E-state index in [4.69, 9.17) is 0 Å². The van der Waals surface area contributed by atoms with Gasteiger partial charge >= 0.3 is 0 Å². The third-order valence-corrected chi connectivity index (χ3v) is 6.15. The van der Waals surface area contributed by atoms with E-state index in [0.717, 1.165) is 10.9 Å². The molecule has 2 aliphatic heterocycles. The number of hydrogen-bond donors (Lipinski definition) is 3. The zero-order chi connectivity index (χ0) is 24.1. The fourth-order valence-electron chi connectivity index (χ4n) is 4.38. The second-order valence-electron chi connectivity index (χ2n) is 8.36. The van der Waals surface area contributed by atoms with Gasteiger partial charge in [0, 0.05) is 30.1 Å². The van der Waals surface area contributed by atoms with Crippen LogP contribution in [0.25, 0.3) is 16.7 Å². The number of piperidine rings is 1. The minimum atomic E-state index is -0.684. The van der Waals surface area contributed by atoms with E-state index in [1.54, 1.807) is 30.5 Å². The molecule has 3 N–H and O–H groups in total. The molecule has 0 bridgehead atoms.